The SMILES string of the molecule is CNC1C(=O)Nc2cc(Oc3ccc(Cl)cc3)c(Br)cc21. The molecule has 1 amide bonds. The van der Waals surface area contributed by atoms with E-state index in [4.69, 9.17) is 16.3 Å². The van der Waals surface area contributed by atoms with Crippen LogP contribution in [0.25, 0.3) is 0 Å². The normalized spacial score (nSPS) is 16.5. The first-order valence-electron chi connectivity index (χ1n) is 6.33. The van der Waals surface area contributed by atoms with Crippen molar-refractivity contribution < 1.29 is 9.53 Å². The Hall–Kier alpha value is -1.56. The molecule has 3 rings (SSSR count). The average molecular weight is 368 g/mol. The minimum atomic E-state index is -0.333. The Labute approximate surface area is 135 Å². The number of hydrogen-bond acceptors (Lipinski definition) is 3. The summed E-state index contributed by atoms with van der Waals surface area (Å²) >= 11 is 9.33. The van der Waals surface area contributed by atoms with Crippen LogP contribution in [-0.2, 0) is 4.79 Å². The smallest absolute Gasteiger partial charge is 0.246 e. The molecule has 1 aliphatic rings. The molecule has 2 aromatic carbocycles. The third-order valence-corrected chi connectivity index (χ3v) is 4.14. The number of fused-ring (bicyclic) bond motifs is 1. The van der Waals surface area contributed by atoms with Crippen molar-refractivity contribution in [3.05, 3.63) is 51.5 Å². The van der Waals surface area contributed by atoms with Crippen LogP contribution in [0.15, 0.2) is 40.9 Å². The van der Waals surface area contributed by atoms with Gasteiger partial charge in [0.25, 0.3) is 0 Å². The number of ether oxygens (including phenoxy) is 1. The summed E-state index contributed by atoms with van der Waals surface area (Å²) in [5.74, 6) is 1.24. The fourth-order valence-electron chi connectivity index (χ4n) is 2.26. The molecule has 0 saturated carbocycles. The van der Waals surface area contributed by atoms with Gasteiger partial charge in [-0.05, 0) is 53.3 Å². The molecule has 0 aromatic heterocycles. The Morgan fingerprint density at radius 3 is 2.67 bits per heavy atom. The molecule has 2 N–H and O–H groups in total. The first-order chi connectivity index (χ1) is 10.1. The minimum absolute atomic E-state index is 0.0666. The number of amides is 1. The topological polar surface area (TPSA) is 50.4 Å². The van der Waals surface area contributed by atoms with Crippen molar-refractivity contribution in [1.82, 2.24) is 5.32 Å². The van der Waals surface area contributed by atoms with Crippen molar-refractivity contribution in [2.75, 3.05) is 12.4 Å². The van der Waals surface area contributed by atoms with Crippen molar-refractivity contribution in [3.8, 4) is 11.5 Å². The van der Waals surface area contributed by atoms with Gasteiger partial charge in [0.1, 0.15) is 17.5 Å². The van der Waals surface area contributed by atoms with Gasteiger partial charge in [-0.15, -0.1) is 0 Å². The summed E-state index contributed by atoms with van der Waals surface area (Å²) in [7, 11) is 1.76. The minimum Gasteiger partial charge on any atom is -0.456 e. The summed E-state index contributed by atoms with van der Waals surface area (Å²) in [6.07, 6.45) is 0. The summed E-state index contributed by atoms with van der Waals surface area (Å²) in [5.41, 5.74) is 1.66. The number of rotatable bonds is 3. The summed E-state index contributed by atoms with van der Waals surface area (Å²) in [6, 6.07) is 10.5. The second-order valence-electron chi connectivity index (χ2n) is 4.64. The maximum atomic E-state index is 11.8. The van der Waals surface area contributed by atoms with Crippen LogP contribution in [0.1, 0.15) is 11.6 Å². The van der Waals surface area contributed by atoms with Crippen LogP contribution < -0.4 is 15.4 Å². The lowest BCUT2D eigenvalue weighted by molar-refractivity contribution is -0.117. The van der Waals surface area contributed by atoms with E-state index in [1.54, 1.807) is 31.3 Å². The summed E-state index contributed by atoms with van der Waals surface area (Å²) < 4.78 is 6.60. The highest BCUT2D eigenvalue weighted by Gasteiger charge is 2.30. The molecule has 1 atom stereocenters. The highest BCUT2D eigenvalue weighted by atomic mass is 79.9. The van der Waals surface area contributed by atoms with E-state index < -0.39 is 0 Å². The van der Waals surface area contributed by atoms with Crippen LogP contribution in [0.3, 0.4) is 0 Å². The first kappa shape index (κ1) is 14.4. The zero-order chi connectivity index (χ0) is 15.0. The monoisotopic (exact) mass is 366 g/mol. The molecule has 2 aromatic rings. The second kappa shape index (κ2) is 5.67. The van der Waals surface area contributed by atoms with Gasteiger partial charge >= 0.3 is 0 Å². The standard InChI is InChI=1S/C15H12BrClN2O2/c1-18-14-10-6-11(16)13(7-12(10)19-15(14)20)21-9-4-2-8(17)3-5-9/h2-7,14,18H,1H3,(H,19,20). The number of anilines is 1. The fourth-order valence-corrected chi connectivity index (χ4v) is 2.82. The summed E-state index contributed by atoms with van der Waals surface area (Å²) in [6.45, 7) is 0. The van der Waals surface area contributed by atoms with Crippen LogP contribution in [0, 0.1) is 0 Å². The van der Waals surface area contributed by atoms with E-state index >= 15 is 0 Å². The van der Waals surface area contributed by atoms with Gasteiger partial charge in [-0.1, -0.05) is 11.6 Å². The summed E-state index contributed by atoms with van der Waals surface area (Å²) in [4.78, 5) is 11.8. The maximum Gasteiger partial charge on any atom is 0.246 e. The Bertz CT molecular complexity index is 704. The van der Waals surface area contributed by atoms with Gasteiger partial charge < -0.3 is 15.4 Å². The maximum absolute atomic E-state index is 11.8. The largest absolute Gasteiger partial charge is 0.456 e. The highest BCUT2D eigenvalue weighted by Crippen LogP contribution is 2.40. The molecule has 1 aliphatic heterocycles. The van der Waals surface area contributed by atoms with Gasteiger partial charge in [0.2, 0.25) is 5.91 Å². The van der Waals surface area contributed by atoms with Gasteiger partial charge in [0.05, 0.1) is 4.47 Å². The van der Waals surface area contributed by atoms with Crippen LogP contribution in [0.4, 0.5) is 5.69 Å². The lowest BCUT2D eigenvalue weighted by Gasteiger charge is -2.11. The van der Waals surface area contributed by atoms with Gasteiger partial charge in [-0.3, -0.25) is 4.79 Å². The van der Waals surface area contributed by atoms with Crippen LogP contribution in [0.2, 0.25) is 5.02 Å². The molecule has 6 heteroatoms. The molecule has 0 spiro atoms. The van der Waals surface area contributed by atoms with E-state index in [1.807, 2.05) is 12.1 Å². The molecule has 0 bridgehead atoms. The lowest BCUT2D eigenvalue weighted by atomic mass is 10.1. The third-order valence-electron chi connectivity index (χ3n) is 3.27. The molecule has 0 saturated heterocycles. The Morgan fingerprint density at radius 2 is 2.00 bits per heavy atom. The molecule has 1 unspecified atom stereocenters. The van der Waals surface area contributed by atoms with Crippen molar-refractivity contribution >= 4 is 39.1 Å². The number of nitrogens with one attached hydrogen (secondary N) is 2. The van der Waals surface area contributed by atoms with E-state index in [1.165, 1.54) is 0 Å². The van der Waals surface area contributed by atoms with Crippen molar-refractivity contribution in [2.24, 2.45) is 0 Å². The van der Waals surface area contributed by atoms with Crippen molar-refractivity contribution in [3.63, 3.8) is 0 Å². The zero-order valence-corrected chi connectivity index (χ0v) is 13.5. The molecule has 4 nitrogen and oxygen atoms in total. The van der Waals surface area contributed by atoms with E-state index in [2.05, 4.69) is 26.6 Å². The number of carbonyl (C=O) groups excluding carboxylic acids is 1. The highest BCUT2D eigenvalue weighted by molar-refractivity contribution is 9.10. The van der Waals surface area contributed by atoms with E-state index in [9.17, 15) is 4.79 Å². The van der Waals surface area contributed by atoms with Crippen LogP contribution in [0.5, 0.6) is 11.5 Å². The van der Waals surface area contributed by atoms with Crippen LogP contribution in [-0.4, -0.2) is 13.0 Å². The average Bonchev–Trinajstić information content (AvgIpc) is 2.76. The van der Waals surface area contributed by atoms with Gasteiger partial charge in [-0.25, -0.2) is 0 Å². The van der Waals surface area contributed by atoms with E-state index in [0.717, 1.165) is 15.7 Å². The van der Waals surface area contributed by atoms with E-state index in [0.29, 0.717) is 16.5 Å². The van der Waals surface area contributed by atoms with Crippen LogP contribution >= 0.6 is 27.5 Å². The number of hydrogen-bond donors (Lipinski definition) is 2. The molecular formula is C15H12BrClN2O2. The molecule has 108 valence electrons. The van der Waals surface area contributed by atoms with Crippen molar-refractivity contribution in [2.45, 2.75) is 6.04 Å². The number of likely N-dealkylation sites (N-methyl/N-ethyl adjacent to an activating group) is 1. The number of benzene rings is 2. The molecule has 0 radical (unpaired) electrons. The van der Waals surface area contributed by atoms with Gasteiger partial charge in [-0.2, -0.15) is 0 Å². The van der Waals surface area contributed by atoms with E-state index in [-0.39, 0.29) is 11.9 Å². The van der Waals surface area contributed by atoms with Crippen molar-refractivity contribution in [1.29, 1.82) is 0 Å². The zero-order valence-electron chi connectivity index (χ0n) is 11.1. The quantitative estimate of drug-likeness (QED) is 0.858. The summed E-state index contributed by atoms with van der Waals surface area (Å²) in [5, 5.41) is 6.47. The Balaban J connectivity index is 1.93. The second-order valence-corrected chi connectivity index (χ2v) is 5.93. The molecule has 21 heavy (non-hydrogen) atoms. The van der Waals surface area contributed by atoms with Gasteiger partial charge in [0, 0.05) is 22.3 Å². The first-order valence-corrected chi connectivity index (χ1v) is 7.50. The fraction of sp³-hybridized carbons (Fsp3) is 0.133. The third kappa shape index (κ3) is 2.77. The molecule has 0 fully saturated rings. The Kier molecular flexibility index (Phi) is 3.89. The lowest BCUT2D eigenvalue weighted by Crippen LogP contribution is -2.23. The molecule has 1 heterocycles. The number of halogens is 2. The molecular weight excluding hydrogens is 356 g/mol. The van der Waals surface area contributed by atoms with Gasteiger partial charge in [0.15, 0.2) is 0 Å². The Morgan fingerprint density at radius 1 is 1.29 bits per heavy atom. The predicted octanol–water partition coefficient (Wildman–Crippen LogP) is 4.11. The number of carbonyl (C=O) groups is 1. The molecule has 0 aliphatic carbocycles. The predicted molar refractivity (Wildman–Crippen MR) is 86.1 cm³/mol.